The van der Waals surface area contributed by atoms with Crippen LogP contribution in [-0.2, 0) is 14.3 Å². The molecule has 0 spiro atoms. The maximum Gasteiger partial charge on any atom is 0.328 e. The van der Waals surface area contributed by atoms with Gasteiger partial charge in [-0.1, -0.05) is 48.9 Å². The first kappa shape index (κ1) is 18.8. The lowest BCUT2D eigenvalue weighted by Gasteiger charge is -2.24. The summed E-state index contributed by atoms with van der Waals surface area (Å²) in [6.45, 7) is 1.73. The average Bonchev–Trinajstić information content (AvgIpc) is 3.29. The summed E-state index contributed by atoms with van der Waals surface area (Å²) in [5, 5.41) is 3.21. The normalized spacial score (nSPS) is 29.6. The van der Waals surface area contributed by atoms with Crippen LogP contribution in [0.25, 0.3) is 0 Å². The van der Waals surface area contributed by atoms with Gasteiger partial charge in [0, 0.05) is 17.9 Å². The third kappa shape index (κ3) is 3.59. The van der Waals surface area contributed by atoms with Gasteiger partial charge in [0.1, 0.15) is 17.1 Å². The Bertz CT molecular complexity index is 867. The zero-order valence-corrected chi connectivity index (χ0v) is 15.9. The Kier molecular flexibility index (Phi) is 5.02. The van der Waals surface area contributed by atoms with Crippen LogP contribution < -0.4 is 5.32 Å². The van der Waals surface area contributed by atoms with Gasteiger partial charge in [0.2, 0.25) is 0 Å². The number of hydrogen-bond acceptors (Lipinski definition) is 4. The second-order valence-corrected chi connectivity index (χ2v) is 8.01. The lowest BCUT2D eigenvalue weighted by Crippen LogP contribution is -2.45. The van der Waals surface area contributed by atoms with Crippen LogP contribution in [0.15, 0.2) is 54.6 Å². The summed E-state index contributed by atoms with van der Waals surface area (Å²) >= 11 is 0. The molecule has 1 aliphatic heterocycles. The molecule has 0 amide bonds. The molecular formula is C23H24FNO3. The second-order valence-electron chi connectivity index (χ2n) is 8.01. The molecule has 2 aromatic carbocycles. The largest absolute Gasteiger partial charge is 0.441 e. The molecule has 0 radical (unpaired) electrons. The SMILES string of the molecule is C[C@]1(CC(=O)[C@@H]2CCC[C@H]2c2ccc(F)cc2)N[C@H](c2ccccc2)OC1=O. The zero-order valence-electron chi connectivity index (χ0n) is 15.9. The minimum absolute atomic E-state index is 0.0625. The highest BCUT2D eigenvalue weighted by atomic mass is 19.1. The van der Waals surface area contributed by atoms with Gasteiger partial charge in [-0.2, -0.15) is 0 Å². The smallest absolute Gasteiger partial charge is 0.328 e. The number of rotatable bonds is 5. The van der Waals surface area contributed by atoms with Crippen molar-refractivity contribution >= 4 is 11.8 Å². The van der Waals surface area contributed by atoms with Gasteiger partial charge in [-0.3, -0.25) is 10.1 Å². The van der Waals surface area contributed by atoms with E-state index in [1.165, 1.54) is 12.1 Å². The molecule has 1 saturated carbocycles. The molecule has 146 valence electrons. The molecule has 4 nitrogen and oxygen atoms in total. The van der Waals surface area contributed by atoms with Crippen LogP contribution in [0.1, 0.15) is 55.9 Å². The summed E-state index contributed by atoms with van der Waals surface area (Å²) in [6, 6.07) is 15.9. The Morgan fingerprint density at radius 3 is 2.54 bits per heavy atom. The van der Waals surface area contributed by atoms with Gasteiger partial charge < -0.3 is 4.74 Å². The van der Waals surface area contributed by atoms with Crippen molar-refractivity contribution < 1.29 is 18.7 Å². The number of carbonyl (C=O) groups excluding carboxylic acids is 2. The maximum atomic E-state index is 13.2. The number of hydrogen-bond donors (Lipinski definition) is 1. The minimum Gasteiger partial charge on any atom is -0.441 e. The van der Waals surface area contributed by atoms with Crippen molar-refractivity contribution in [1.82, 2.24) is 5.32 Å². The number of benzene rings is 2. The third-order valence-electron chi connectivity index (χ3n) is 5.98. The fourth-order valence-electron chi connectivity index (χ4n) is 4.45. The van der Waals surface area contributed by atoms with Crippen LogP contribution in [0.4, 0.5) is 4.39 Å². The molecule has 2 aromatic rings. The van der Waals surface area contributed by atoms with E-state index in [4.69, 9.17) is 4.74 Å². The van der Waals surface area contributed by atoms with Crippen LogP contribution in [0.3, 0.4) is 0 Å². The van der Waals surface area contributed by atoms with Crippen molar-refractivity contribution in [2.75, 3.05) is 0 Å². The first-order valence-electron chi connectivity index (χ1n) is 9.78. The van der Waals surface area contributed by atoms with E-state index >= 15 is 0 Å². The fraction of sp³-hybridized carbons (Fsp3) is 0.391. The van der Waals surface area contributed by atoms with E-state index in [9.17, 15) is 14.0 Å². The number of esters is 1. The molecule has 1 heterocycles. The lowest BCUT2D eigenvalue weighted by atomic mass is 9.81. The van der Waals surface area contributed by atoms with Crippen molar-refractivity contribution in [3.05, 3.63) is 71.5 Å². The van der Waals surface area contributed by atoms with E-state index in [1.54, 1.807) is 19.1 Å². The number of cyclic esters (lactones) is 1. The highest BCUT2D eigenvalue weighted by molar-refractivity contribution is 5.92. The summed E-state index contributed by atoms with van der Waals surface area (Å²) in [7, 11) is 0. The molecule has 0 aromatic heterocycles. The number of halogens is 1. The van der Waals surface area contributed by atoms with Crippen LogP contribution in [0.2, 0.25) is 0 Å². The molecule has 0 bridgehead atoms. The standard InChI is InChI=1S/C23H24FNO3/c1-23(22(27)28-21(25-23)16-6-3-2-4-7-16)14-20(26)19-9-5-8-18(19)15-10-12-17(24)13-11-15/h2-4,6-7,10-13,18-19,21,25H,5,8-9,14H2,1H3/t18-,19+,21-,23+/m0/s1. The summed E-state index contributed by atoms with van der Waals surface area (Å²) in [5.41, 5.74) is 0.816. The Morgan fingerprint density at radius 1 is 1.11 bits per heavy atom. The highest BCUT2D eigenvalue weighted by Crippen LogP contribution is 2.42. The van der Waals surface area contributed by atoms with Crippen molar-refractivity contribution in [3.63, 3.8) is 0 Å². The zero-order chi connectivity index (χ0) is 19.7. The topological polar surface area (TPSA) is 55.4 Å². The monoisotopic (exact) mass is 381 g/mol. The summed E-state index contributed by atoms with van der Waals surface area (Å²) in [4.78, 5) is 25.7. The summed E-state index contributed by atoms with van der Waals surface area (Å²) < 4.78 is 18.8. The molecule has 2 aliphatic rings. The van der Waals surface area contributed by atoms with Crippen LogP contribution >= 0.6 is 0 Å². The van der Waals surface area contributed by atoms with E-state index < -0.39 is 17.7 Å². The van der Waals surface area contributed by atoms with Gasteiger partial charge in [0.05, 0.1) is 0 Å². The number of nitrogens with one attached hydrogen (secondary N) is 1. The Morgan fingerprint density at radius 2 is 1.82 bits per heavy atom. The molecule has 2 fully saturated rings. The number of carbonyl (C=O) groups is 2. The molecule has 0 unspecified atom stereocenters. The third-order valence-corrected chi connectivity index (χ3v) is 5.98. The van der Waals surface area contributed by atoms with E-state index in [0.29, 0.717) is 0 Å². The molecule has 1 aliphatic carbocycles. The van der Waals surface area contributed by atoms with Crippen LogP contribution in [0.5, 0.6) is 0 Å². The van der Waals surface area contributed by atoms with Gasteiger partial charge in [0.15, 0.2) is 6.23 Å². The van der Waals surface area contributed by atoms with Crippen molar-refractivity contribution in [2.24, 2.45) is 5.92 Å². The van der Waals surface area contributed by atoms with E-state index in [-0.39, 0.29) is 29.9 Å². The highest BCUT2D eigenvalue weighted by Gasteiger charge is 2.48. The molecule has 4 atom stereocenters. The molecule has 4 rings (SSSR count). The molecular weight excluding hydrogens is 357 g/mol. The fourth-order valence-corrected chi connectivity index (χ4v) is 4.45. The van der Waals surface area contributed by atoms with Gasteiger partial charge in [-0.05, 0) is 43.4 Å². The molecule has 5 heteroatoms. The van der Waals surface area contributed by atoms with Crippen LogP contribution in [-0.4, -0.2) is 17.3 Å². The van der Waals surface area contributed by atoms with Crippen molar-refractivity contribution in [1.29, 1.82) is 0 Å². The minimum atomic E-state index is -1.03. The maximum absolute atomic E-state index is 13.2. The van der Waals surface area contributed by atoms with Gasteiger partial charge >= 0.3 is 5.97 Å². The Hall–Kier alpha value is -2.53. The summed E-state index contributed by atoms with van der Waals surface area (Å²) in [6.07, 6.45) is 2.22. The lowest BCUT2D eigenvalue weighted by molar-refractivity contribution is -0.146. The second kappa shape index (κ2) is 7.47. The van der Waals surface area contributed by atoms with E-state index in [2.05, 4.69) is 5.32 Å². The Balaban J connectivity index is 1.48. The van der Waals surface area contributed by atoms with Gasteiger partial charge in [0.25, 0.3) is 0 Å². The predicted molar refractivity (Wildman–Crippen MR) is 103 cm³/mol. The van der Waals surface area contributed by atoms with E-state index in [1.807, 2.05) is 30.3 Å². The number of ketones is 1. The molecule has 1 saturated heterocycles. The number of ether oxygens (including phenoxy) is 1. The van der Waals surface area contributed by atoms with Crippen molar-refractivity contribution in [3.8, 4) is 0 Å². The van der Waals surface area contributed by atoms with Gasteiger partial charge in [-0.15, -0.1) is 0 Å². The average molecular weight is 381 g/mol. The summed E-state index contributed by atoms with van der Waals surface area (Å²) in [5.74, 6) is -0.674. The quantitative estimate of drug-likeness (QED) is 0.786. The Labute approximate surface area is 164 Å². The molecule has 1 N–H and O–H groups in total. The molecule has 28 heavy (non-hydrogen) atoms. The van der Waals surface area contributed by atoms with Crippen LogP contribution in [0, 0.1) is 11.7 Å². The first-order valence-corrected chi connectivity index (χ1v) is 9.78. The van der Waals surface area contributed by atoms with Gasteiger partial charge in [-0.25, -0.2) is 9.18 Å². The van der Waals surface area contributed by atoms with E-state index in [0.717, 1.165) is 30.4 Å². The van der Waals surface area contributed by atoms with Crippen molar-refractivity contribution in [2.45, 2.75) is 50.3 Å². The number of Topliss-reactive ketones (excluding diaryl/α,β-unsaturated/α-hetero) is 1. The first-order chi connectivity index (χ1) is 13.5. The predicted octanol–water partition coefficient (Wildman–Crippen LogP) is 4.27.